The summed E-state index contributed by atoms with van der Waals surface area (Å²) < 4.78 is 0. The van der Waals surface area contributed by atoms with E-state index < -0.39 is 5.91 Å². The van der Waals surface area contributed by atoms with Crippen LogP contribution in [0.25, 0.3) is 0 Å². The fourth-order valence-corrected chi connectivity index (χ4v) is 1.82. The summed E-state index contributed by atoms with van der Waals surface area (Å²) in [4.78, 5) is 19.1. The number of hydrogen-bond donors (Lipinski definition) is 2. The number of carbonyl (C=O) groups excluding carboxylic acids is 1. The second-order valence-electron chi connectivity index (χ2n) is 4.07. The van der Waals surface area contributed by atoms with Crippen molar-refractivity contribution < 1.29 is 4.79 Å². The number of nitrogens with two attached hydrogens (primary N) is 1. The molecule has 3 N–H and O–H groups in total. The van der Waals surface area contributed by atoms with Crippen molar-refractivity contribution in [1.29, 1.82) is 0 Å². The molecule has 0 bridgehead atoms. The highest BCUT2D eigenvalue weighted by Gasteiger charge is 2.07. The number of carbonyl (C=O) groups is 1. The van der Waals surface area contributed by atoms with Gasteiger partial charge in [-0.2, -0.15) is 0 Å². The summed E-state index contributed by atoms with van der Waals surface area (Å²) in [6.07, 6.45) is 4.92. The average Bonchev–Trinajstić information content (AvgIpc) is 2.39. The molecule has 0 saturated heterocycles. The van der Waals surface area contributed by atoms with E-state index in [4.69, 9.17) is 17.3 Å². The highest BCUT2D eigenvalue weighted by atomic mass is 35.5. The van der Waals surface area contributed by atoms with Crippen LogP contribution in [0.2, 0.25) is 5.02 Å². The minimum atomic E-state index is -0.550. The minimum Gasteiger partial charge on any atom is -0.366 e. The van der Waals surface area contributed by atoms with Crippen molar-refractivity contribution >= 4 is 23.3 Å². The number of aryl methyl sites for hydroxylation is 1. The number of amides is 1. The van der Waals surface area contributed by atoms with Crippen molar-refractivity contribution in [3.05, 3.63) is 52.4 Å². The van der Waals surface area contributed by atoms with Crippen molar-refractivity contribution in [2.75, 3.05) is 5.32 Å². The number of pyridine rings is 2. The maximum atomic E-state index is 11.0. The zero-order chi connectivity index (χ0) is 13.8. The van der Waals surface area contributed by atoms with Gasteiger partial charge in [-0.15, -0.1) is 0 Å². The number of rotatable bonds is 4. The van der Waals surface area contributed by atoms with Gasteiger partial charge in [0.05, 0.1) is 10.6 Å². The summed E-state index contributed by atoms with van der Waals surface area (Å²) in [5.41, 5.74) is 7.63. The van der Waals surface area contributed by atoms with Crippen molar-refractivity contribution in [3.8, 4) is 0 Å². The highest BCUT2D eigenvalue weighted by molar-refractivity contribution is 6.33. The molecule has 2 aromatic rings. The molecule has 0 aromatic carbocycles. The highest BCUT2D eigenvalue weighted by Crippen LogP contribution is 2.20. The molecule has 98 valence electrons. The molecule has 0 aliphatic rings. The molecule has 0 radical (unpaired) electrons. The molecular formula is C13H13ClN4O. The molecule has 0 aliphatic carbocycles. The molecule has 0 aliphatic heterocycles. The molecule has 19 heavy (non-hydrogen) atoms. The lowest BCUT2D eigenvalue weighted by atomic mass is 10.1. The fraction of sp³-hybridized carbons (Fsp3) is 0.154. The van der Waals surface area contributed by atoms with Crippen LogP contribution in [0.3, 0.4) is 0 Å². The van der Waals surface area contributed by atoms with Gasteiger partial charge in [0.1, 0.15) is 5.82 Å². The van der Waals surface area contributed by atoms with E-state index in [0.29, 0.717) is 17.4 Å². The van der Waals surface area contributed by atoms with E-state index in [-0.39, 0.29) is 5.56 Å². The largest absolute Gasteiger partial charge is 0.366 e. The van der Waals surface area contributed by atoms with E-state index in [0.717, 1.165) is 11.1 Å². The minimum absolute atomic E-state index is 0.288. The molecule has 0 saturated carbocycles. The zero-order valence-electron chi connectivity index (χ0n) is 10.4. The molecule has 5 nitrogen and oxygen atoms in total. The number of halogens is 1. The summed E-state index contributed by atoms with van der Waals surface area (Å²) in [5.74, 6) is -0.0335. The second kappa shape index (κ2) is 5.67. The maximum absolute atomic E-state index is 11.0. The van der Waals surface area contributed by atoms with E-state index in [1.165, 1.54) is 12.3 Å². The lowest BCUT2D eigenvalue weighted by molar-refractivity contribution is 0.1000. The van der Waals surface area contributed by atoms with Gasteiger partial charge in [-0.3, -0.25) is 9.78 Å². The van der Waals surface area contributed by atoms with E-state index in [2.05, 4.69) is 15.3 Å². The van der Waals surface area contributed by atoms with E-state index in [9.17, 15) is 4.79 Å². The first-order valence-electron chi connectivity index (χ1n) is 5.66. The standard InChI is InChI=1S/C13H13ClN4O/c1-8-5-16-3-2-9(8)6-17-13-11(14)4-10(7-18-13)12(15)19/h2-5,7H,6H2,1H3,(H2,15,19)(H,17,18). The Morgan fingerprint density at radius 1 is 1.47 bits per heavy atom. The van der Waals surface area contributed by atoms with Crippen molar-refractivity contribution in [2.45, 2.75) is 13.5 Å². The number of nitrogens with one attached hydrogen (secondary N) is 1. The summed E-state index contributed by atoms with van der Waals surface area (Å²) >= 11 is 6.03. The van der Waals surface area contributed by atoms with Crippen molar-refractivity contribution in [1.82, 2.24) is 9.97 Å². The predicted octanol–water partition coefficient (Wildman–Crippen LogP) is 2.15. The van der Waals surface area contributed by atoms with Crippen molar-refractivity contribution in [3.63, 3.8) is 0 Å². The first kappa shape index (κ1) is 13.3. The Bertz CT molecular complexity index is 615. The topological polar surface area (TPSA) is 80.9 Å². The second-order valence-corrected chi connectivity index (χ2v) is 4.48. The Morgan fingerprint density at radius 2 is 2.26 bits per heavy atom. The quantitative estimate of drug-likeness (QED) is 0.896. The molecule has 2 heterocycles. The number of primary amides is 1. The Kier molecular flexibility index (Phi) is 3.97. The van der Waals surface area contributed by atoms with Gasteiger partial charge in [0.2, 0.25) is 5.91 Å². The van der Waals surface area contributed by atoms with Crippen LogP contribution >= 0.6 is 11.6 Å². The molecule has 0 spiro atoms. The van der Waals surface area contributed by atoms with E-state index in [1.54, 1.807) is 12.4 Å². The molecule has 2 rings (SSSR count). The number of anilines is 1. The summed E-state index contributed by atoms with van der Waals surface area (Å²) in [6.45, 7) is 2.56. The summed E-state index contributed by atoms with van der Waals surface area (Å²) in [5, 5.41) is 3.48. The van der Waals surface area contributed by atoms with E-state index >= 15 is 0 Å². The molecule has 1 amide bonds. The summed E-state index contributed by atoms with van der Waals surface area (Å²) in [7, 11) is 0. The van der Waals surface area contributed by atoms with Crippen LogP contribution in [-0.2, 0) is 6.54 Å². The first-order valence-corrected chi connectivity index (χ1v) is 6.04. The number of aromatic nitrogens is 2. The fourth-order valence-electron chi connectivity index (χ4n) is 1.58. The van der Waals surface area contributed by atoms with Crippen LogP contribution in [0.5, 0.6) is 0 Å². The Hall–Kier alpha value is -2.14. The molecule has 0 unspecified atom stereocenters. The van der Waals surface area contributed by atoms with Crippen LogP contribution in [0.1, 0.15) is 21.5 Å². The van der Waals surface area contributed by atoms with Gasteiger partial charge in [-0.1, -0.05) is 11.6 Å². The van der Waals surface area contributed by atoms with Gasteiger partial charge in [0.25, 0.3) is 0 Å². The van der Waals surface area contributed by atoms with Crippen LogP contribution in [-0.4, -0.2) is 15.9 Å². The Labute approximate surface area is 115 Å². The lowest BCUT2D eigenvalue weighted by Gasteiger charge is -2.09. The molecule has 6 heteroatoms. The van der Waals surface area contributed by atoms with Gasteiger partial charge >= 0.3 is 0 Å². The third kappa shape index (κ3) is 3.20. The maximum Gasteiger partial charge on any atom is 0.250 e. The van der Waals surface area contributed by atoms with Crippen LogP contribution < -0.4 is 11.1 Å². The summed E-state index contributed by atoms with van der Waals surface area (Å²) in [6, 6.07) is 3.42. The van der Waals surface area contributed by atoms with Crippen LogP contribution in [0, 0.1) is 6.92 Å². The number of hydrogen-bond acceptors (Lipinski definition) is 4. The van der Waals surface area contributed by atoms with E-state index in [1.807, 2.05) is 13.0 Å². The van der Waals surface area contributed by atoms with Gasteiger partial charge in [0.15, 0.2) is 0 Å². The van der Waals surface area contributed by atoms with Gasteiger partial charge in [-0.25, -0.2) is 4.98 Å². The molecule has 0 atom stereocenters. The SMILES string of the molecule is Cc1cnccc1CNc1ncc(C(N)=O)cc1Cl. The van der Waals surface area contributed by atoms with Gasteiger partial charge < -0.3 is 11.1 Å². The third-order valence-corrected chi connectivity index (χ3v) is 3.00. The smallest absolute Gasteiger partial charge is 0.250 e. The monoisotopic (exact) mass is 276 g/mol. The zero-order valence-corrected chi connectivity index (χ0v) is 11.1. The molecule has 2 aromatic heterocycles. The first-order chi connectivity index (χ1) is 9.08. The van der Waals surface area contributed by atoms with Crippen molar-refractivity contribution in [2.24, 2.45) is 5.73 Å². The lowest BCUT2D eigenvalue weighted by Crippen LogP contribution is -2.12. The Balaban J connectivity index is 2.12. The number of nitrogens with zero attached hydrogens (tertiary/aromatic N) is 2. The normalized spacial score (nSPS) is 10.2. The molecular weight excluding hydrogens is 264 g/mol. The third-order valence-electron chi connectivity index (χ3n) is 2.71. The van der Waals surface area contributed by atoms with Crippen LogP contribution in [0.4, 0.5) is 5.82 Å². The Morgan fingerprint density at radius 3 is 2.89 bits per heavy atom. The average molecular weight is 277 g/mol. The predicted molar refractivity (Wildman–Crippen MR) is 74.1 cm³/mol. The molecule has 0 fully saturated rings. The van der Waals surface area contributed by atoms with Crippen LogP contribution in [0.15, 0.2) is 30.7 Å². The van der Waals surface area contributed by atoms with Gasteiger partial charge in [0, 0.05) is 25.1 Å². The van der Waals surface area contributed by atoms with Gasteiger partial charge in [-0.05, 0) is 30.2 Å².